The maximum absolute atomic E-state index is 10.8. The van der Waals surface area contributed by atoms with Crippen molar-refractivity contribution in [3.05, 3.63) is 95.6 Å². The molecule has 0 radical (unpaired) electrons. The topological polar surface area (TPSA) is 20.2 Å². The molecule has 27 heavy (non-hydrogen) atoms. The molecule has 0 unspecified atom stereocenters. The van der Waals surface area contributed by atoms with Crippen molar-refractivity contribution in [2.24, 2.45) is 0 Å². The highest BCUT2D eigenvalue weighted by Crippen LogP contribution is 2.45. The lowest BCUT2D eigenvalue weighted by molar-refractivity contribution is 0.0792. The van der Waals surface area contributed by atoms with Gasteiger partial charge in [-0.1, -0.05) is 72.8 Å². The zero-order valence-corrected chi connectivity index (χ0v) is 15.7. The molecule has 4 aromatic carbocycles. The van der Waals surface area contributed by atoms with E-state index in [2.05, 4.69) is 66.7 Å². The van der Waals surface area contributed by atoms with Crippen LogP contribution in [0.15, 0.2) is 78.9 Å². The van der Waals surface area contributed by atoms with E-state index in [9.17, 15) is 5.11 Å². The predicted octanol–water partition coefficient (Wildman–Crippen LogP) is 6.31. The van der Waals surface area contributed by atoms with Crippen LogP contribution in [0, 0.1) is 0 Å². The van der Waals surface area contributed by atoms with Crippen molar-refractivity contribution in [2.75, 3.05) is 0 Å². The Morgan fingerprint density at radius 2 is 1.30 bits per heavy atom. The van der Waals surface area contributed by atoms with Crippen LogP contribution in [-0.2, 0) is 12.0 Å². The summed E-state index contributed by atoms with van der Waals surface area (Å²) in [5.74, 6) is 0. The van der Waals surface area contributed by atoms with Crippen molar-refractivity contribution in [3.8, 4) is 22.3 Å². The Bertz CT molecular complexity index is 1180. The summed E-state index contributed by atoms with van der Waals surface area (Å²) in [4.78, 5) is 0. The number of hydrogen-bond donors (Lipinski definition) is 1. The standard InChI is InChI=1S/C26H22O/c1-26(2,27)25-14-8-7-13-21(25)24-16-23-18-10-4-3-9-17(18)15-22(23)19-11-5-6-12-20(19)24/h3-14,16,27H,15H2,1-2H3. The molecule has 1 heteroatoms. The molecule has 0 amide bonds. The van der Waals surface area contributed by atoms with Gasteiger partial charge in [0.25, 0.3) is 0 Å². The molecule has 4 aromatic rings. The van der Waals surface area contributed by atoms with Crippen LogP contribution < -0.4 is 0 Å². The third kappa shape index (κ3) is 2.50. The molecular weight excluding hydrogens is 328 g/mol. The van der Waals surface area contributed by atoms with Crippen molar-refractivity contribution in [1.82, 2.24) is 0 Å². The van der Waals surface area contributed by atoms with E-state index >= 15 is 0 Å². The minimum absolute atomic E-state index is 0.894. The van der Waals surface area contributed by atoms with E-state index in [1.807, 2.05) is 26.0 Å². The van der Waals surface area contributed by atoms with Gasteiger partial charge < -0.3 is 5.11 Å². The van der Waals surface area contributed by atoms with Crippen LogP contribution in [0.2, 0.25) is 0 Å². The highest BCUT2D eigenvalue weighted by Gasteiger charge is 2.25. The van der Waals surface area contributed by atoms with Crippen LogP contribution in [0.5, 0.6) is 0 Å². The van der Waals surface area contributed by atoms with Gasteiger partial charge in [-0.25, -0.2) is 0 Å². The van der Waals surface area contributed by atoms with Gasteiger partial charge in [0, 0.05) is 0 Å². The van der Waals surface area contributed by atoms with E-state index in [-0.39, 0.29) is 0 Å². The molecule has 0 heterocycles. The fraction of sp³-hybridized carbons (Fsp3) is 0.154. The summed E-state index contributed by atoms with van der Waals surface area (Å²) in [6.45, 7) is 3.72. The van der Waals surface area contributed by atoms with Gasteiger partial charge in [-0.15, -0.1) is 0 Å². The molecule has 0 fully saturated rings. The first-order chi connectivity index (χ1) is 13.0. The largest absolute Gasteiger partial charge is 0.386 e. The van der Waals surface area contributed by atoms with Crippen LogP contribution >= 0.6 is 0 Å². The highest BCUT2D eigenvalue weighted by atomic mass is 16.3. The molecule has 0 spiro atoms. The van der Waals surface area contributed by atoms with Gasteiger partial charge in [-0.3, -0.25) is 0 Å². The fourth-order valence-electron chi connectivity index (χ4n) is 4.47. The van der Waals surface area contributed by atoms with E-state index in [1.54, 1.807) is 0 Å². The number of aliphatic hydroxyl groups is 1. The van der Waals surface area contributed by atoms with Gasteiger partial charge in [0.15, 0.2) is 0 Å². The minimum atomic E-state index is -0.894. The summed E-state index contributed by atoms with van der Waals surface area (Å²) in [6, 6.07) is 27.9. The molecule has 1 aliphatic carbocycles. The Labute approximate surface area is 159 Å². The third-order valence-corrected chi connectivity index (χ3v) is 5.71. The summed E-state index contributed by atoms with van der Waals surface area (Å²) in [5, 5.41) is 13.3. The lowest BCUT2D eigenvalue weighted by atomic mass is 9.85. The molecule has 1 nitrogen and oxygen atoms in total. The number of hydrogen-bond acceptors (Lipinski definition) is 1. The molecule has 1 N–H and O–H groups in total. The number of benzene rings is 4. The van der Waals surface area contributed by atoms with Crippen LogP contribution in [0.25, 0.3) is 33.0 Å². The summed E-state index contributed by atoms with van der Waals surface area (Å²) in [5.41, 5.74) is 7.83. The zero-order valence-electron chi connectivity index (χ0n) is 15.7. The third-order valence-electron chi connectivity index (χ3n) is 5.71. The van der Waals surface area contributed by atoms with Crippen LogP contribution in [0.4, 0.5) is 0 Å². The monoisotopic (exact) mass is 350 g/mol. The van der Waals surface area contributed by atoms with E-state index in [1.165, 1.54) is 38.6 Å². The molecule has 132 valence electrons. The SMILES string of the molecule is CC(C)(O)c1ccccc1-c1cc2c(c3ccccc13)Cc1ccccc1-2. The van der Waals surface area contributed by atoms with Crippen LogP contribution in [0.3, 0.4) is 0 Å². The molecule has 0 aliphatic heterocycles. The maximum atomic E-state index is 10.8. The summed E-state index contributed by atoms with van der Waals surface area (Å²) < 4.78 is 0. The Morgan fingerprint density at radius 1 is 0.667 bits per heavy atom. The summed E-state index contributed by atoms with van der Waals surface area (Å²) in [6.07, 6.45) is 0.986. The first-order valence-electron chi connectivity index (χ1n) is 9.49. The number of fused-ring (bicyclic) bond motifs is 5. The molecular formula is C26H22O. The number of rotatable bonds is 2. The van der Waals surface area contributed by atoms with Gasteiger partial charge in [0.05, 0.1) is 5.60 Å². The Hall–Kier alpha value is -2.90. The van der Waals surface area contributed by atoms with Gasteiger partial charge in [-0.05, 0) is 76.1 Å². The average molecular weight is 350 g/mol. The zero-order chi connectivity index (χ0) is 18.6. The van der Waals surface area contributed by atoms with Gasteiger partial charge in [0.1, 0.15) is 0 Å². The van der Waals surface area contributed by atoms with Crippen molar-refractivity contribution < 1.29 is 5.11 Å². The Morgan fingerprint density at radius 3 is 2.07 bits per heavy atom. The molecule has 0 saturated carbocycles. The van der Waals surface area contributed by atoms with Crippen molar-refractivity contribution in [2.45, 2.75) is 25.9 Å². The van der Waals surface area contributed by atoms with Crippen LogP contribution in [0.1, 0.15) is 30.5 Å². The Balaban J connectivity index is 1.88. The van der Waals surface area contributed by atoms with Gasteiger partial charge in [0.2, 0.25) is 0 Å². The molecule has 1 aliphatic rings. The second-order valence-electron chi connectivity index (χ2n) is 7.93. The molecule has 0 aromatic heterocycles. The summed E-state index contributed by atoms with van der Waals surface area (Å²) in [7, 11) is 0. The van der Waals surface area contributed by atoms with E-state index in [4.69, 9.17) is 0 Å². The smallest absolute Gasteiger partial charge is 0.0846 e. The first-order valence-corrected chi connectivity index (χ1v) is 9.49. The maximum Gasteiger partial charge on any atom is 0.0846 e. The Kier molecular flexibility index (Phi) is 3.50. The first kappa shape index (κ1) is 16.3. The predicted molar refractivity (Wildman–Crippen MR) is 113 cm³/mol. The molecule has 0 atom stereocenters. The molecule has 0 bridgehead atoms. The van der Waals surface area contributed by atoms with Crippen LogP contribution in [-0.4, -0.2) is 5.11 Å². The van der Waals surface area contributed by atoms with E-state index < -0.39 is 5.60 Å². The molecule has 0 saturated heterocycles. The van der Waals surface area contributed by atoms with E-state index in [0.717, 1.165) is 17.5 Å². The fourth-order valence-corrected chi connectivity index (χ4v) is 4.47. The van der Waals surface area contributed by atoms with Crippen molar-refractivity contribution in [3.63, 3.8) is 0 Å². The lowest BCUT2D eigenvalue weighted by Gasteiger charge is -2.23. The van der Waals surface area contributed by atoms with Crippen molar-refractivity contribution >= 4 is 10.8 Å². The lowest BCUT2D eigenvalue weighted by Crippen LogP contribution is -2.16. The second kappa shape index (κ2) is 5.80. The normalized spacial score (nSPS) is 12.9. The highest BCUT2D eigenvalue weighted by molar-refractivity contribution is 6.05. The second-order valence-corrected chi connectivity index (χ2v) is 7.93. The minimum Gasteiger partial charge on any atom is -0.386 e. The van der Waals surface area contributed by atoms with Crippen molar-refractivity contribution in [1.29, 1.82) is 0 Å². The van der Waals surface area contributed by atoms with Gasteiger partial charge in [-0.2, -0.15) is 0 Å². The molecule has 5 rings (SSSR count). The average Bonchev–Trinajstić information content (AvgIpc) is 3.06. The van der Waals surface area contributed by atoms with Gasteiger partial charge >= 0.3 is 0 Å². The summed E-state index contributed by atoms with van der Waals surface area (Å²) >= 11 is 0. The quantitative estimate of drug-likeness (QED) is 0.396. The van der Waals surface area contributed by atoms with E-state index in [0.29, 0.717) is 0 Å².